The summed E-state index contributed by atoms with van der Waals surface area (Å²) in [5, 5.41) is 14.7. The molecule has 8 heteroatoms. The summed E-state index contributed by atoms with van der Waals surface area (Å²) >= 11 is 0. The standard InChI is InChI=1S/C23H27N3O5/c1-15-4-3-5-18(10-15)25-21(28)14-31-20-8-6-19(7-9-20)26-13-17(11-22(26)29)23(30)24-12-16(2)27/h3-10,16-17,27H,11-14H2,1-2H3,(H,24,30)(H,25,28)/t16-,17-/m0/s1. The van der Waals surface area contributed by atoms with Gasteiger partial charge in [0.05, 0.1) is 12.0 Å². The van der Waals surface area contributed by atoms with Gasteiger partial charge in [-0.3, -0.25) is 14.4 Å². The minimum absolute atomic E-state index is 0.128. The van der Waals surface area contributed by atoms with Crippen LogP contribution in [0.25, 0.3) is 0 Å². The summed E-state index contributed by atoms with van der Waals surface area (Å²) in [6, 6.07) is 14.3. The molecule has 0 saturated carbocycles. The first-order chi connectivity index (χ1) is 14.8. The van der Waals surface area contributed by atoms with E-state index >= 15 is 0 Å². The van der Waals surface area contributed by atoms with E-state index in [9.17, 15) is 19.5 Å². The van der Waals surface area contributed by atoms with Crippen molar-refractivity contribution in [1.29, 1.82) is 0 Å². The Labute approximate surface area is 181 Å². The van der Waals surface area contributed by atoms with Crippen molar-refractivity contribution < 1.29 is 24.2 Å². The highest BCUT2D eigenvalue weighted by Crippen LogP contribution is 2.27. The highest BCUT2D eigenvalue weighted by atomic mass is 16.5. The number of benzene rings is 2. The molecule has 1 saturated heterocycles. The Morgan fingerprint density at radius 1 is 1.23 bits per heavy atom. The SMILES string of the molecule is Cc1cccc(NC(=O)COc2ccc(N3C[C@@H](C(=O)NC[C@H](C)O)CC3=O)cc2)c1. The van der Waals surface area contributed by atoms with Crippen LogP contribution < -0.4 is 20.3 Å². The lowest BCUT2D eigenvalue weighted by Gasteiger charge is -2.17. The molecule has 0 spiro atoms. The third kappa shape index (κ3) is 6.29. The third-order valence-electron chi connectivity index (χ3n) is 4.89. The number of hydrogen-bond donors (Lipinski definition) is 3. The molecule has 1 fully saturated rings. The van der Waals surface area contributed by atoms with Gasteiger partial charge in [-0.15, -0.1) is 0 Å². The molecule has 2 aromatic carbocycles. The molecule has 164 valence electrons. The lowest BCUT2D eigenvalue weighted by Crippen LogP contribution is -2.36. The molecule has 2 atom stereocenters. The Bertz CT molecular complexity index is 942. The molecule has 31 heavy (non-hydrogen) atoms. The molecule has 2 aromatic rings. The number of ether oxygens (including phenoxy) is 1. The highest BCUT2D eigenvalue weighted by Gasteiger charge is 2.35. The Hall–Kier alpha value is -3.39. The summed E-state index contributed by atoms with van der Waals surface area (Å²) in [5.41, 5.74) is 2.42. The number of carbonyl (C=O) groups excluding carboxylic acids is 3. The summed E-state index contributed by atoms with van der Waals surface area (Å²) in [6.07, 6.45) is -0.508. The molecular formula is C23H27N3O5. The van der Waals surface area contributed by atoms with E-state index in [4.69, 9.17) is 4.74 Å². The number of nitrogens with zero attached hydrogens (tertiary/aromatic N) is 1. The molecule has 3 rings (SSSR count). The molecular weight excluding hydrogens is 398 g/mol. The van der Waals surface area contributed by atoms with Gasteiger partial charge in [0.1, 0.15) is 5.75 Å². The van der Waals surface area contributed by atoms with E-state index in [2.05, 4.69) is 10.6 Å². The van der Waals surface area contributed by atoms with Gasteiger partial charge in [-0.25, -0.2) is 0 Å². The molecule has 1 aliphatic rings. The third-order valence-corrected chi connectivity index (χ3v) is 4.89. The predicted molar refractivity (Wildman–Crippen MR) is 117 cm³/mol. The first kappa shape index (κ1) is 22.3. The van der Waals surface area contributed by atoms with Crippen LogP contribution in [0.2, 0.25) is 0 Å². The number of carbonyl (C=O) groups is 3. The second kappa shape index (κ2) is 10.1. The summed E-state index contributed by atoms with van der Waals surface area (Å²) in [4.78, 5) is 38.1. The van der Waals surface area contributed by atoms with Crippen LogP contribution in [0.1, 0.15) is 18.9 Å². The zero-order valence-corrected chi connectivity index (χ0v) is 17.6. The molecule has 0 bridgehead atoms. The van der Waals surface area contributed by atoms with Crippen molar-refractivity contribution in [2.75, 3.05) is 29.9 Å². The van der Waals surface area contributed by atoms with Crippen molar-refractivity contribution in [2.24, 2.45) is 5.92 Å². The Kier molecular flexibility index (Phi) is 7.25. The molecule has 3 amide bonds. The van der Waals surface area contributed by atoms with Crippen molar-refractivity contribution in [3.8, 4) is 5.75 Å². The average Bonchev–Trinajstić information content (AvgIpc) is 3.12. The second-order valence-corrected chi connectivity index (χ2v) is 7.70. The van der Waals surface area contributed by atoms with E-state index < -0.39 is 12.0 Å². The molecule has 0 unspecified atom stereocenters. The van der Waals surface area contributed by atoms with Crippen LogP contribution in [0.5, 0.6) is 5.75 Å². The number of aryl methyl sites for hydroxylation is 1. The van der Waals surface area contributed by atoms with E-state index in [0.717, 1.165) is 5.56 Å². The fourth-order valence-corrected chi connectivity index (χ4v) is 3.32. The first-order valence-electron chi connectivity index (χ1n) is 10.2. The molecule has 0 radical (unpaired) electrons. The van der Waals surface area contributed by atoms with Crippen molar-refractivity contribution in [2.45, 2.75) is 26.4 Å². The number of nitrogens with one attached hydrogen (secondary N) is 2. The lowest BCUT2D eigenvalue weighted by atomic mass is 10.1. The van der Waals surface area contributed by atoms with E-state index in [-0.39, 0.29) is 43.8 Å². The minimum atomic E-state index is -0.636. The van der Waals surface area contributed by atoms with Crippen molar-refractivity contribution in [1.82, 2.24) is 5.32 Å². The van der Waals surface area contributed by atoms with E-state index in [1.807, 2.05) is 31.2 Å². The number of hydrogen-bond acceptors (Lipinski definition) is 5. The average molecular weight is 425 g/mol. The fourth-order valence-electron chi connectivity index (χ4n) is 3.32. The molecule has 3 N–H and O–H groups in total. The maximum atomic E-state index is 12.3. The Morgan fingerprint density at radius 2 is 1.97 bits per heavy atom. The number of rotatable bonds is 8. The van der Waals surface area contributed by atoms with Gasteiger partial charge in [0.2, 0.25) is 11.8 Å². The van der Waals surface area contributed by atoms with Crippen LogP contribution in [-0.2, 0) is 14.4 Å². The zero-order chi connectivity index (χ0) is 22.4. The van der Waals surface area contributed by atoms with Crippen LogP contribution in [0, 0.1) is 12.8 Å². The maximum absolute atomic E-state index is 12.3. The van der Waals surface area contributed by atoms with Gasteiger partial charge >= 0.3 is 0 Å². The van der Waals surface area contributed by atoms with Gasteiger partial charge in [0, 0.05) is 30.9 Å². The molecule has 1 heterocycles. The minimum Gasteiger partial charge on any atom is -0.484 e. The fraction of sp³-hybridized carbons (Fsp3) is 0.348. The first-order valence-corrected chi connectivity index (χ1v) is 10.2. The zero-order valence-electron chi connectivity index (χ0n) is 17.6. The smallest absolute Gasteiger partial charge is 0.262 e. The summed E-state index contributed by atoms with van der Waals surface area (Å²) in [5.74, 6) is -0.594. The van der Waals surface area contributed by atoms with Gasteiger partial charge in [-0.05, 0) is 55.8 Å². The van der Waals surface area contributed by atoms with Gasteiger partial charge < -0.3 is 25.4 Å². The summed E-state index contributed by atoms with van der Waals surface area (Å²) in [7, 11) is 0. The Balaban J connectivity index is 1.51. The second-order valence-electron chi connectivity index (χ2n) is 7.70. The number of aliphatic hydroxyl groups excluding tert-OH is 1. The highest BCUT2D eigenvalue weighted by molar-refractivity contribution is 6.00. The van der Waals surface area contributed by atoms with E-state index in [0.29, 0.717) is 17.1 Å². The topological polar surface area (TPSA) is 108 Å². The van der Waals surface area contributed by atoms with Crippen LogP contribution >= 0.6 is 0 Å². The number of aliphatic hydroxyl groups is 1. The predicted octanol–water partition coefficient (Wildman–Crippen LogP) is 1.86. The summed E-state index contributed by atoms with van der Waals surface area (Å²) in [6.45, 7) is 3.84. The largest absolute Gasteiger partial charge is 0.484 e. The van der Waals surface area contributed by atoms with E-state index in [1.165, 1.54) is 0 Å². The van der Waals surface area contributed by atoms with Gasteiger partial charge in [0.25, 0.3) is 5.91 Å². The van der Waals surface area contributed by atoms with Crippen LogP contribution in [0.4, 0.5) is 11.4 Å². The normalized spacial score (nSPS) is 16.7. The van der Waals surface area contributed by atoms with Gasteiger partial charge in [-0.1, -0.05) is 12.1 Å². The van der Waals surface area contributed by atoms with Crippen LogP contribution in [-0.4, -0.2) is 48.6 Å². The number of amides is 3. The molecule has 1 aliphatic heterocycles. The maximum Gasteiger partial charge on any atom is 0.262 e. The molecule has 0 aliphatic carbocycles. The van der Waals surface area contributed by atoms with Crippen molar-refractivity contribution >= 4 is 29.1 Å². The van der Waals surface area contributed by atoms with Crippen LogP contribution in [0.15, 0.2) is 48.5 Å². The number of anilines is 2. The Morgan fingerprint density at radius 3 is 2.65 bits per heavy atom. The summed E-state index contributed by atoms with van der Waals surface area (Å²) < 4.78 is 5.53. The quantitative estimate of drug-likeness (QED) is 0.598. The van der Waals surface area contributed by atoms with Crippen molar-refractivity contribution in [3.63, 3.8) is 0 Å². The van der Waals surface area contributed by atoms with E-state index in [1.54, 1.807) is 36.1 Å². The van der Waals surface area contributed by atoms with Gasteiger partial charge in [-0.2, -0.15) is 0 Å². The van der Waals surface area contributed by atoms with Gasteiger partial charge in [0.15, 0.2) is 6.61 Å². The van der Waals surface area contributed by atoms with Crippen molar-refractivity contribution in [3.05, 3.63) is 54.1 Å². The lowest BCUT2D eigenvalue weighted by molar-refractivity contribution is -0.126. The monoisotopic (exact) mass is 425 g/mol. The van der Waals surface area contributed by atoms with Crippen LogP contribution in [0.3, 0.4) is 0 Å². The molecule has 0 aromatic heterocycles. The molecule has 8 nitrogen and oxygen atoms in total.